The smallest absolute Gasteiger partial charge is 0.101 e. The lowest BCUT2D eigenvalue weighted by atomic mass is 9.99. The van der Waals surface area contributed by atoms with Gasteiger partial charge >= 0.3 is 0 Å². The summed E-state index contributed by atoms with van der Waals surface area (Å²) in [4.78, 5) is 0. The van der Waals surface area contributed by atoms with Crippen LogP contribution >= 0.6 is 0 Å². The molecular formula is C10H17N3O. The van der Waals surface area contributed by atoms with E-state index in [-0.39, 0.29) is 12.1 Å². The fraction of sp³-hybridized carbons (Fsp3) is 0.700. The molecule has 1 aromatic heterocycles. The normalized spacial score (nSPS) is 27.9. The van der Waals surface area contributed by atoms with Gasteiger partial charge in [-0.2, -0.15) is 5.10 Å². The van der Waals surface area contributed by atoms with Crippen molar-refractivity contribution in [3.05, 3.63) is 18.0 Å². The van der Waals surface area contributed by atoms with E-state index in [0.717, 1.165) is 31.6 Å². The molecule has 0 spiro atoms. The molecule has 2 heterocycles. The summed E-state index contributed by atoms with van der Waals surface area (Å²) in [5.41, 5.74) is 7.11. The van der Waals surface area contributed by atoms with Crippen molar-refractivity contribution >= 4 is 0 Å². The van der Waals surface area contributed by atoms with Crippen LogP contribution in [-0.2, 0) is 11.3 Å². The molecule has 2 atom stereocenters. The van der Waals surface area contributed by atoms with E-state index in [1.54, 1.807) is 0 Å². The molecular weight excluding hydrogens is 178 g/mol. The zero-order chi connectivity index (χ0) is 9.97. The zero-order valence-electron chi connectivity index (χ0n) is 8.52. The summed E-state index contributed by atoms with van der Waals surface area (Å²) in [6.45, 7) is 3.77. The largest absolute Gasteiger partial charge is 0.372 e. The Kier molecular flexibility index (Phi) is 2.84. The van der Waals surface area contributed by atoms with Gasteiger partial charge in [-0.1, -0.05) is 0 Å². The first-order valence-electron chi connectivity index (χ1n) is 5.21. The van der Waals surface area contributed by atoms with Crippen LogP contribution in [0.25, 0.3) is 0 Å². The minimum Gasteiger partial charge on any atom is -0.372 e. The maximum atomic E-state index is 6.00. The molecule has 0 radical (unpaired) electrons. The first-order valence-corrected chi connectivity index (χ1v) is 5.21. The Balaban J connectivity index is 2.12. The van der Waals surface area contributed by atoms with Gasteiger partial charge in [0.1, 0.15) is 6.10 Å². The highest BCUT2D eigenvalue weighted by molar-refractivity contribution is 5.11. The molecule has 0 aliphatic carbocycles. The van der Waals surface area contributed by atoms with Gasteiger partial charge in [0.05, 0.1) is 6.20 Å². The maximum absolute atomic E-state index is 6.00. The van der Waals surface area contributed by atoms with Crippen LogP contribution in [0.2, 0.25) is 0 Å². The number of aryl methyl sites for hydroxylation is 1. The second-order valence-electron chi connectivity index (χ2n) is 3.73. The molecule has 0 bridgehead atoms. The van der Waals surface area contributed by atoms with E-state index in [2.05, 4.69) is 12.0 Å². The molecule has 1 aliphatic heterocycles. The van der Waals surface area contributed by atoms with Gasteiger partial charge in [-0.15, -0.1) is 0 Å². The number of rotatable bonds is 2. The molecule has 2 rings (SSSR count). The molecule has 1 fully saturated rings. The van der Waals surface area contributed by atoms with Gasteiger partial charge < -0.3 is 10.5 Å². The highest BCUT2D eigenvalue weighted by atomic mass is 16.5. The lowest BCUT2D eigenvalue weighted by molar-refractivity contribution is 0.0000955. The molecule has 1 aromatic rings. The molecule has 1 aliphatic rings. The first kappa shape index (κ1) is 9.68. The van der Waals surface area contributed by atoms with Crippen LogP contribution < -0.4 is 5.73 Å². The van der Waals surface area contributed by atoms with Crippen molar-refractivity contribution in [1.29, 1.82) is 0 Å². The van der Waals surface area contributed by atoms with Crippen molar-refractivity contribution in [2.24, 2.45) is 5.73 Å². The van der Waals surface area contributed by atoms with E-state index in [1.165, 1.54) is 0 Å². The minimum absolute atomic E-state index is 0.0454. The standard InChI is InChI=1S/C10H17N3O/c1-2-13-7-8(6-12-13)10-9(11)4-3-5-14-10/h6-7,9-10H,2-5,11H2,1H3/t9-,10+/m0/s1. The quantitative estimate of drug-likeness (QED) is 0.768. The summed E-state index contributed by atoms with van der Waals surface area (Å²) < 4.78 is 7.56. The third kappa shape index (κ3) is 1.81. The summed E-state index contributed by atoms with van der Waals surface area (Å²) in [5.74, 6) is 0. The van der Waals surface area contributed by atoms with Gasteiger partial charge in [0.25, 0.3) is 0 Å². The van der Waals surface area contributed by atoms with Gasteiger partial charge in [-0.05, 0) is 19.8 Å². The number of ether oxygens (including phenoxy) is 1. The molecule has 1 saturated heterocycles. The lowest BCUT2D eigenvalue weighted by Gasteiger charge is -2.27. The monoisotopic (exact) mass is 195 g/mol. The van der Waals surface area contributed by atoms with Crippen molar-refractivity contribution < 1.29 is 4.74 Å². The van der Waals surface area contributed by atoms with Crippen LogP contribution in [-0.4, -0.2) is 22.4 Å². The van der Waals surface area contributed by atoms with Crippen LogP contribution in [0.5, 0.6) is 0 Å². The molecule has 4 heteroatoms. The van der Waals surface area contributed by atoms with Crippen molar-refractivity contribution in [2.75, 3.05) is 6.61 Å². The maximum Gasteiger partial charge on any atom is 0.101 e. The van der Waals surface area contributed by atoms with Crippen molar-refractivity contribution in [1.82, 2.24) is 9.78 Å². The van der Waals surface area contributed by atoms with E-state index in [1.807, 2.05) is 17.1 Å². The third-order valence-electron chi connectivity index (χ3n) is 2.67. The lowest BCUT2D eigenvalue weighted by Crippen LogP contribution is -2.34. The number of hydrogen-bond acceptors (Lipinski definition) is 3. The van der Waals surface area contributed by atoms with Crippen LogP contribution in [0.4, 0.5) is 0 Å². The molecule has 0 aromatic carbocycles. The second kappa shape index (κ2) is 4.11. The van der Waals surface area contributed by atoms with Crippen molar-refractivity contribution in [3.8, 4) is 0 Å². The van der Waals surface area contributed by atoms with Crippen LogP contribution in [0.15, 0.2) is 12.4 Å². The van der Waals surface area contributed by atoms with Crippen molar-refractivity contribution in [3.63, 3.8) is 0 Å². The fourth-order valence-corrected chi connectivity index (χ4v) is 1.85. The van der Waals surface area contributed by atoms with Crippen molar-refractivity contribution in [2.45, 2.75) is 38.5 Å². The highest BCUT2D eigenvalue weighted by Gasteiger charge is 2.25. The van der Waals surface area contributed by atoms with E-state index >= 15 is 0 Å². The number of nitrogens with zero attached hydrogens (tertiary/aromatic N) is 2. The topological polar surface area (TPSA) is 53.1 Å². The summed E-state index contributed by atoms with van der Waals surface area (Å²) in [7, 11) is 0. The average Bonchev–Trinajstić information content (AvgIpc) is 2.67. The summed E-state index contributed by atoms with van der Waals surface area (Å²) in [5, 5.41) is 4.23. The summed E-state index contributed by atoms with van der Waals surface area (Å²) >= 11 is 0. The van der Waals surface area contributed by atoms with Crippen LogP contribution in [0.3, 0.4) is 0 Å². The molecule has 4 nitrogen and oxygen atoms in total. The fourth-order valence-electron chi connectivity index (χ4n) is 1.85. The summed E-state index contributed by atoms with van der Waals surface area (Å²) in [6.07, 6.45) is 6.04. The SMILES string of the molecule is CCn1cc([C@H]2OCCC[C@@H]2N)cn1. The second-order valence-corrected chi connectivity index (χ2v) is 3.73. The Hall–Kier alpha value is -0.870. The van der Waals surface area contributed by atoms with E-state index in [0.29, 0.717) is 0 Å². The Bertz CT molecular complexity index is 297. The predicted molar refractivity (Wildman–Crippen MR) is 53.8 cm³/mol. The molecule has 0 saturated carbocycles. The Morgan fingerprint density at radius 1 is 1.71 bits per heavy atom. The van der Waals surface area contributed by atoms with E-state index < -0.39 is 0 Å². The van der Waals surface area contributed by atoms with Gasteiger partial charge in [0, 0.05) is 31.0 Å². The van der Waals surface area contributed by atoms with Gasteiger partial charge in [-0.25, -0.2) is 0 Å². The predicted octanol–water partition coefficient (Wildman–Crippen LogP) is 1.08. The molecule has 0 amide bonds. The van der Waals surface area contributed by atoms with E-state index in [4.69, 9.17) is 10.5 Å². The van der Waals surface area contributed by atoms with Crippen LogP contribution in [0, 0.1) is 0 Å². The minimum atomic E-state index is 0.0454. The van der Waals surface area contributed by atoms with E-state index in [9.17, 15) is 0 Å². The average molecular weight is 195 g/mol. The molecule has 2 N–H and O–H groups in total. The Morgan fingerprint density at radius 2 is 2.57 bits per heavy atom. The Morgan fingerprint density at radius 3 is 3.21 bits per heavy atom. The third-order valence-corrected chi connectivity index (χ3v) is 2.67. The van der Waals surface area contributed by atoms with Crippen LogP contribution in [0.1, 0.15) is 31.4 Å². The van der Waals surface area contributed by atoms with Gasteiger partial charge in [-0.3, -0.25) is 4.68 Å². The molecule has 78 valence electrons. The molecule has 0 unspecified atom stereocenters. The first-order chi connectivity index (χ1) is 6.81. The Labute approximate surface area is 84.0 Å². The summed E-state index contributed by atoms with van der Waals surface area (Å²) in [6, 6.07) is 0.123. The number of nitrogens with two attached hydrogens (primary N) is 1. The number of aromatic nitrogens is 2. The van der Waals surface area contributed by atoms with Gasteiger partial charge in [0.15, 0.2) is 0 Å². The zero-order valence-corrected chi connectivity index (χ0v) is 8.52. The number of hydrogen-bond donors (Lipinski definition) is 1. The van der Waals surface area contributed by atoms with Gasteiger partial charge in [0.2, 0.25) is 0 Å². The highest BCUT2D eigenvalue weighted by Crippen LogP contribution is 2.26. The molecule has 14 heavy (non-hydrogen) atoms.